The highest BCUT2D eigenvalue weighted by atomic mass is 35.5. The molecular formula is C19H22ClNO4. The van der Waals surface area contributed by atoms with Gasteiger partial charge in [-0.1, -0.05) is 17.7 Å². The largest absolute Gasteiger partial charge is 0.493 e. The number of carbonyl (C=O) groups excluding carboxylic acids is 1. The van der Waals surface area contributed by atoms with Crippen LogP contribution in [-0.4, -0.2) is 26.7 Å². The predicted octanol–water partition coefficient (Wildman–Crippen LogP) is 3.92. The van der Waals surface area contributed by atoms with Gasteiger partial charge in [0.05, 0.1) is 20.3 Å². The van der Waals surface area contributed by atoms with Crippen LogP contribution in [0.5, 0.6) is 17.2 Å². The fourth-order valence-corrected chi connectivity index (χ4v) is 2.46. The summed E-state index contributed by atoms with van der Waals surface area (Å²) in [5.74, 6) is 1.66. The minimum Gasteiger partial charge on any atom is -0.493 e. The molecule has 1 atom stereocenters. The third-order valence-corrected chi connectivity index (χ3v) is 4.21. The topological polar surface area (TPSA) is 56.8 Å². The number of halogens is 1. The summed E-state index contributed by atoms with van der Waals surface area (Å²) in [7, 11) is 3.16. The highest BCUT2D eigenvalue weighted by molar-refractivity contribution is 6.31. The third kappa shape index (κ3) is 5.03. The van der Waals surface area contributed by atoms with E-state index in [4.69, 9.17) is 25.8 Å². The van der Waals surface area contributed by atoms with E-state index >= 15 is 0 Å². The van der Waals surface area contributed by atoms with Crippen LogP contribution < -0.4 is 19.5 Å². The zero-order valence-electron chi connectivity index (χ0n) is 14.8. The van der Waals surface area contributed by atoms with Crippen molar-refractivity contribution in [1.29, 1.82) is 0 Å². The summed E-state index contributed by atoms with van der Waals surface area (Å²) in [6.45, 7) is 3.71. The first-order valence-electron chi connectivity index (χ1n) is 7.84. The summed E-state index contributed by atoms with van der Waals surface area (Å²) < 4.78 is 16.0. The molecule has 134 valence electrons. The molecule has 5 nitrogen and oxygen atoms in total. The van der Waals surface area contributed by atoms with Crippen molar-refractivity contribution in [2.75, 3.05) is 20.8 Å². The Balaban J connectivity index is 1.94. The number of nitrogens with one attached hydrogen (secondary N) is 1. The first-order chi connectivity index (χ1) is 11.9. The summed E-state index contributed by atoms with van der Waals surface area (Å²) in [6.07, 6.45) is 0. The van der Waals surface area contributed by atoms with Crippen molar-refractivity contribution in [2.24, 2.45) is 0 Å². The minimum atomic E-state index is -0.213. The molecule has 1 amide bonds. The summed E-state index contributed by atoms with van der Waals surface area (Å²) in [6, 6.07) is 10.6. The Bertz CT molecular complexity index is 748. The van der Waals surface area contributed by atoms with Crippen LogP contribution in [-0.2, 0) is 4.79 Å². The Morgan fingerprint density at radius 1 is 1.12 bits per heavy atom. The second-order valence-corrected chi connectivity index (χ2v) is 6.01. The molecule has 25 heavy (non-hydrogen) atoms. The van der Waals surface area contributed by atoms with Gasteiger partial charge < -0.3 is 19.5 Å². The van der Waals surface area contributed by atoms with E-state index in [9.17, 15) is 4.79 Å². The van der Waals surface area contributed by atoms with Gasteiger partial charge in [-0.15, -0.1) is 0 Å². The van der Waals surface area contributed by atoms with Crippen molar-refractivity contribution < 1.29 is 19.0 Å². The first-order valence-corrected chi connectivity index (χ1v) is 8.22. The molecule has 0 spiro atoms. The van der Waals surface area contributed by atoms with Gasteiger partial charge in [0.2, 0.25) is 0 Å². The third-order valence-electron chi connectivity index (χ3n) is 3.78. The standard InChI is InChI=1S/C19H22ClNO4/c1-12-9-15(6-7-16(12)20)25-11-19(22)21-13(2)14-5-8-17(23-3)18(10-14)24-4/h5-10,13H,11H2,1-4H3,(H,21,22)/t13-/m0/s1. The molecule has 0 radical (unpaired) electrons. The lowest BCUT2D eigenvalue weighted by Gasteiger charge is -2.17. The maximum atomic E-state index is 12.1. The van der Waals surface area contributed by atoms with Gasteiger partial charge >= 0.3 is 0 Å². The van der Waals surface area contributed by atoms with E-state index in [1.165, 1.54) is 0 Å². The Labute approximate surface area is 152 Å². The van der Waals surface area contributed by atoms with E-state index in [-0.39, 0.29) is 18.6 Å². The monoisotopic (exact) mass is 363 g/mol. The second kappa shape index (κ2) is 8.62. The van der Waals surface area contributed by atoms with E-state index in [2.05, 4.69) is 5.32 Å². The van der Waals surface area contributed by atoms with Crippen molar-refractivity contribution in [1.82, 2.24) is 5.32 Å². The Morgan fingerprint density at radius 2 is 1.84 bits per heavy atom. The van der Waals surface area contributed by atoms with Crippen molar-refractivity contribution >= 4 is 17.5 Å². The van der Waals surface area contributed by atoms with Gasteiger partial charge in [0, 0.05) is 5.02 Å². The van der Waals surface area contributed by atoms with Gasteiger partial charge in [-0.3, -0.25) is 4.79 Å². The Kier molecular flexibility index (Phi) is 6.53. The van der Waals surface area contributed by atoms with Crippen LogP contribution in [0.1, 0.15) is 24.1 Å². The molecule has 0 aliphatic rings. The molecule has 0 saturated heterocycles. The van der Waals surface area contributed by atoms with E-state index < -0.39 is 0 Å². The van der Waals surface area contributed by atoms with Crippen LogP contribution in [0.4, 0.5) is 0 Å². The molecule has 0 heterocycles. The van der Waals surface area contributed by atoms with Gasteiger partial charge in [-0.05, 0) is 55.3 Å². The highest BCUT2D eigenvalue weighted by Crippen LogP contribution is 2.29. The number of aryl methyl sites for hydroxylation is 1. The normalized spacial score (nSPS) is 11.6. The van der Waals surface area contributed by atoms with E-state index in [1.807, 2.05) is 32.0 Å². The van der Waals surface area contributed by atoms with Gasteiger partial charge in [-0.2, -0.15) is 0 Å². The van der Waals surface area contributed by atoms with Crippen LogP contribution in [0.2, 0.25) is 5.02 Å². The van der Waals surface area contributed by atoms with E-state index in [1.54, 1.807) is 32.4 Å². The smallest absolute Gasteiger partial charge is 0.258 e. The lowest BCUT2D eigenvalue weighted by atomic mass is 10.1. The van der Waals surface area contributed by atoms with Crippen molar-refractivity contribution in [2.45, 2.75) is 19.9 Å². The fraction of sp³-hybridized carbons (Fsp3) is 0.316. The molecule has 0 saturated carbocycles. The number of amides is 1. The lowest BCUT2D eigenvalue weighted by molar-refractivity contribution is -0.123. The summed E-state index contributed by atoms with van der Waals surface area (Å²) >= 11 is 5.97. The number of hydrogen-bond acceptors (Lipinski definition) is 4. The molecule has 0 aliphatic heterocycles. The van der Waals surface area contributed by atoms with Crippen molar-refractivity contribution in [3.8, 4) is 17.2 Å². The summed E-state index contributed by atoms with van der Waals surface area (Å²) in [5, 5.41) is 3.56. The molecule has 6 heteroatoms. The van der Waals surface area contributed by atoms with E-state index in [0.717, 1.165) is 11.1 Å². The first kappa shape index (κ1) is 18.9. The number of ether oxygens (including phenoxy) is 3. The molecule has 0 aliphatic carbocycles. The van der Waals surface area contributed by atoms with Gasteiger partial charge in [-0.25, -0.2) is 0 Å². The van der Waals surface area contributed by atoms with Crippen LogP contribution in [0, 0.1) is 6.92 Å². The molecule has 2 aromatic carbocycles. The second-order valence-electron chi connectivity index (χ2n) is 5.60. The quantitative estimate of drug-likeness (QED) is 0.810. The molecule has 1 N–H and O–H groups in total. The fourth-order valence-electron chi connectivity index (χ4n) is 2.34. The number of rotatable bonds is 7. The maximum absolute atomic E-state index is 12.1. The number of hydrogen-bond donors (Lipinski definition) is 1. The van der Waals surface area contributed by atoms with Gasteiger partial charge in [0.1, 0.15) is 5.75 Å². The number of methoxy groups -OCH3 is 2. The number of benzene rings is 2. The zero-order valence-corrected chi connectivity index (χ0v) is 15.5. The average molecular weight is 364 g/mol. The summed E-state index contributed by atoms with van der Waals surface area (Å²) in [4.78, 5) is 12.1. The Morgan fingerprint density at radius 3 is 2.48 bits per heavy atom. The van der Waals surface area contributed by atoms with Gasteiger partial charge in [0.25, 0.3) is 5.91 Å². The molecular weight excluding hydrogens is 342 g/mol. The predicted molar refractivity (Wildman–Crippen MR) is 97.8 cm³/mol. The van der Waals surface area contributed by atoms with Crippen LogP contribution in [0.25, 0.3) is 0 Å². The highest BCUT2D eigenvalue weighted by Gasteiger charge is 2.13. The van der Waals surface area contributed by atoms with Crippen molar-refractivity contribution in [3.05, 3.63) is 52.5 Å². The zero-order chi connectivity index (χ0) is 18.4. The molecule has 0 aromatic heterocycles. The van der Waals surface area contributed by atoms with Crippen molar-refractivity contribution in [3.63, 3.8) is 0 Å². The molecule has 2 rings (SSSR count). The SMILES string of the molecule is COc1ccc([C@H](C)NC(=O)COc2ccc(Cl)c(C)c2)cc1OC. The average Bonchev–Trinajstić information content (AvgIpc) is 2.62. The van der Waals surface area contributed by atoms with E-state index in [0.29, 0.717) is 22.3 Å². The van der Waals surface area contributed by atoms with Gasteiger partial charge in [0.15, 0.2) is 18.1 Å². The summed E-state index contributed by atoms with van der Waals surface area (Å²) in [5.41, 5.74) is 1.81. The maximum Gasteiger partial charge on any atom is 0.258 e. The molecule has 0 bridgehead atoms. The lowest BCUT2D eigenvalue weighted by Crippen LogP contribution is -2.31. The van der Waals surface area contributed by atoms with Crippen LogP contribution >= 0.6 is 11.6 Å². The van der Waals surface area contributed by atoms with Crippen LogP contribution in [0.3, 0.4) is 0 Å². The van der Waals surface area contributed by atoms with Crippen LogP contribution in [0.15, 0.2) is 36.4 Å². The minimum absolute atomic E-state index is 0.0707. The molecule has 0 unspecified atom stereocenters. The molecule has 0 fully saturated rings. The molecule has 2 aromatic rings. The Hall–Kier alpha value is -2.40. The number of carbonyl (C=O) groups is 1.